The van der Waals surface area contributed by atoms with Crippen LogP contribution in [0, 0.1) is 0 Å². The van der Waals surface area contributed by atoms with E-state index in [1.807, 2.05) is 12.1 Å². The molecule has 112 valence electrons. The van der Waals surface area contributed by atoms with E-state index in [0.29, 0.717) is 6.04 Å². The van der Waals surface area contributed by atoms with Gasteiger partial charge in [-0.15, -0.1) is 0 Å². The fraction of sp³-hybridized carbons (Fsp3) is 0.647. The van der Waals surface area contributed by atoms with Crippen molar-refractivity contribution in [2.75, 3.05) is 13.7 Å². The van der Waals surface area contributed by atoms with Crippen LogP contribution >= 0.6 is 0 Å². The molecule has 1 aromatic rings. The summed E-state index contributed by atoms with van der Waals surface area (Å²) in [5, 5.41) is 0. The van der Waals surface area contributed by atoms with Crippen molar-refractivity contribution in [1.82, 2.24) is 4.90 Å². The maximum absolute atomic E-state index is 6.45. The van der Waals surface area contributed by atoms with Gasteiger partial charge in [-0.25, -0.2) is 0 Å². The minimum atomic E-state index is 0.167. The van der Waals surface area contributed by atoms with Gasteiger partial charge in [0.15, 0.2) is 0 Å². The summed E-state index contributed by atoms with van der Waals surface area (Å²) >= 11 is 0. The quantitative estimate of drug-likeness (QED) is 0.896. The molecule has 1 fully saturated rings. The summed E-state index contributed by atoms with van der Waals surface area (Å²) in [6.07, 6.45) is 3.50. The van der Waals surface area contributed by atoms with Crippen LogP contribution in [0.2, 0.25) is 0 Å². The molecular weight excluding hydrogens is 248 g/mol. The molecule has 3 nitrogen and oxygen atoms in total. The second-order valence-corrected chi connectivity index (χ2v) is 6.40. The van der Waals surface area contributed by atoms with Gasteiger partial charge in [0, 0.05) is 11.6 Å². The number of nitrogens with two attached hydrogens (primary N) is 1. The third kappa shape index (κ3) is 2.99. The molecule has 1 aliphatic heterocycles. The molecule has 0 aliphatic carbocycles. The predicted molar refractivity (Wildman–Crippen MR) is 84.0 cm³/mol. The Morgan fingerprint density at radius 1 is 1.30 bits per heavy atom. The fourth-order valence-corrected chi connectivity index (χ4v) is 3.33. The van der Waals surface area contributed by atoms with Crippen molar-refractivity contribution in [2.45, 2.75) is 57.7 Å². The van der Waals surface area contributed by atoms with Crippen LogP contribution in [0.1, 0.15) is 51.6 Å². The molecule has 0 aromatic heterocycles. The average Bonchev–Trinajstić information content (AvgIpc) is 2.79. The van der Waals surface area contributed by atoms with Crippen molar-refractivity contribution in [2.24, 2.45) is 5.73 Å². The Kier molecular flexibility index (Phi) is 4.71. The van der Waals surface area contributed by atoms with Crippen molar-refractivity contribution in [3.8, 4) is 5.75 Å². The van der Waals surface area contributed by atoms with E-state index in [9.17, 15) is 0 Å². The van der Waals surface area contributed by atoms with E-state index in [2.05, 4.69) is 37.8 Å². The maximum atomic E-state index is 6.45. The van der Waals surface area contributed by atoms with E-state index in [-0.39, 0.29) is 11.6 Å². The number of likely N-dealkylation sites (tertiary alicyclic amines) is 1. The van der Waals surface area contributed by atoms with Crippen LogP contribution in [0.15, 0.2) is 24.3 Å². The first-order valence-corrected chi connectivity index (χ1v) is 7.66. The van der Waals surface area contributed by atoms with Gasteiger partial charge in [0.1, 0.15) is 5.75 Å². The number of ether oxygens (including phenoxy) is 1. The zero-order chi connectivity index (χ0) is 14.8. The van der Waals surface area contributed by atoms with Crippen LogP contribution < -0.4 is 10.5 Å². The van der Waals surface area contributed by atoms with E-state index in [1.165, 1.54) is 18.4 Å². The monoisotopic (exact) mass is 276 g/mol. The van der Waals surface area contributed by atoms with Crippen LogP contribution in [0.3, 0.4) is 0 Å². The second kappa shape index (κ2) is 6.15. The lowest BCUT2D eigenvalue weighted by atomic mass is 9.92. The normalized spacial score (nSPS) is 21.6. The van der Waals surface area contributed by atoms with E-state index >= 15 is 0 Å². The van der Waals surface area contributed by atoms with Gasteiger partial charge in [-0.05, 0) is 57.4 Å². The Balaban J connectivity index is 2.31. The summed E-state index contributed by atoms with van der Waals surface area (Å²) < 4.78 is 5.26. The summed E-state index contributed by atoms with van der Waals surface area (Å²) in [5.41, 5.74) is 7.98. The van der Waals surface area contributed by atoms with Gasteiger partial charge in [-0.1, -0.05) is 19.1 Å². The summed E-state index contributed by atoms with van der Waals surface area (Å²) in [6, 6.07) is 8.85. The standard InChI is InChI=1S/C17H28N2O/c1-5-15(18)16(19-12-6-11-17(19,2)3)13-7-9-14(20-4)10-8-13/h7-10,15-16H,5-6,11-12,18H2,1-4H3. The molecule has 0 spiro atoms. The highest BCUT2D eigenvalue weighted by Gasteiger charge is 2.39. The van der Waals surface area contributed by atoms with Gasteiger partial charge in [-0.3, -0.25) is 4.90 Å². The number of hydrogen-bond donors (Lipinski definition) is 1. The topological polar surface area (TPSA) is 38.5 Å². The van der Waals surface area contributed by atoms with E-state index in [0.717, 1.165) is 18.7 Å². The molecule has 1 aliphatic rings. The summed E-state index contributed by atoms with van der Waals surface area (Å²) in [4.78, 5) is 2.59. The third-order valence-corrected chi connectivity index (χ3v) is 4.64. The smallest absolute Gasteiger partial charge is 0.118 e. The van der Waals surface area contributed by atoms with Crippen molar-refractivity contribution in [3.63, 3.8) is 0 Å². The average molecular weight is 276 g/mol. The lowest BCUT2D eigenvalue weighted by molar-refractivity contribution is 0.0964. The Morgan fingerprint density at radius 2 is 1.95 bits per heavy atom. The Hall–Kier alpha value is -1.06. The first kappa shape index (κ1) is 15.3. The molecule has 3 heteroatoms. The molecule has 0 radical (unpaired) electrons. The molecule has 0 bridgehead atoms. The largest absolute Gasteiger partial charge is 0.497 e. The first-order valence-electron chi connectivity index (χ1n) is 7.66. The molecule has 20 heavy (non-hydrogen) atoms. The van der Waals surface area contributed by atoms with Gasteiger partial charge in [-0.2, -0.15) is 0 Å². The number of benzene rings is 1. The number of rotatable bonds is 5. The van der Waals surface area contributed by atoms with Crippen molar-refractivity contribution < 1.29 is 4.74 Å². The fourth-order valence-electron chi connectivity index (χ4n) is 3.33. The molecular formula is C17H28N2O. The van der Waals surface area contributed by atoms with Gasteiger partial charge >= 0.3 is 0 Å². The molecule has 2 N–H and O–H groups in total. The van der Waals surface area contributed by atoms with Crippen LogP contribution in [0.5, 0.6) is 5.75 Å². The van der Waals surface area contributed by atoms with E-state index < -0.39 is 0 Å². The zero-order valence-corrected chi connectivity index (χ0v) is 13.2. The molecule has 0 saturated carbocycles. The van der Waals surface area contributed by atoms with Crippen LogP contribution in [0.25, 0.3) is 0 Å². The molecule has 2 unspecified atom stereocenters. The van der Waals surface area contributed by atoms with Gasteiger partial charge in [0.05, 0.1) is 13.2 Å². The lowest BCUT2D eigenvalue weighted by Crippen LogP contribution is -2.47. The maximum Gasteiger partial charge on any atom is 0.118 e. The highest BCUT2D eigenvalue weighted by molar-refractivity contribution is 5.30. The zero-order valence-electron chi connectivity index (χ0n) is 13.2. The number of nitrogens with zero attached hydrogens (tertiary/aromatic N) is 1. The molecule has 2 rings (SSSR count). The molecule has 1 heterocycles. The Labute approximate surface area is 123 Å². The highest BCUT2D eigenvalue weighted by Crippen LogP contribution is 2.38. The van der Waals surface area contributed by atoms with E-state index in [1.54, 1.807) is 7.11 Å². The van der Waals surface area contributed by atoms with Gasteiger partial charge < -0.3 is 10.5 Å². The molecule has 1 saturated heterocycles. The van der Waals surface area contributed by atoms with Crippen molar-refractivity contribution >= 4 is 0 Å². The molecule has 2 atom stereocenters. The lowest BCUT2D eigenvalue weighted by Gasteiger charge is -2.41. The molecule has 0 amide bonds. The minimum absolute atomic E-state index is 0.167. The van der Waals surface area contributed by atoms with E-state index in [4.69, 9.17) is 10.5 Å². The van der Waals surface area contributed by atoms with Crippen molar-refractivity contribution in [1.29, 1.82) is 0 Å². The SMILES string of the molecule is CCC(N)C(c1ccc(OC)cc1)N1CCCC1(C)C. The van der Waals surface area contributed by atoms with Crippen LogP contribution in [-0.2, 0) is 0 Å². The third-order valence-electron chi connectivity index (χ3n) is 4.64. The first-order chi connectivity index (χ1) is 9.49. The Morgan fingerprint density at radius 3 is 2.40 bits per heavy atom. The predicted octanol–water partition coefficient (Wildman–Crippen LogP) is 3.35. The molecule has 1 aromatic carbocycles. The van der Waals surface area contributed by atoms with Crippen LogP contribution in [-0.4, -0.2) is 30.1 Å². The second-order valence-electron chi connectivity index (χ2n) is 6.40. The number of methoxy groups -OCH3 is 1. The van der Waals surface area contributed by atoms with Gasteiger partial charge in [0.2, 0.25) is 0 Å². The highest BCUT2D eigenvalue weighted by atomic mass is 16.5. The Bertz CT molecular complexity index is 427. The van der Waals surface area contributed by atoms with Gasteiger partial charge in [0.25, 0.3) is 0 Å². The summed E-state index contributed by atoms with van der Waals surface area (Å²) in [7, 11) is 1.70. The van der Waals surface area contributed by atoms with Crippen molar-refractivity contribution in [3.05, 3.63) is 29.8 Å². The summed E-state index contributed by atoms with van der Waals surface area (Å²) in [5.74, 6) is 0.901. The van der Waals surface area contributed by atoms with Crippen LogP contribution in [0.4, 0.5) is 0 Å². The minimum Gasteiger partial charge on any atom is -0.497 e. The summed E-state index contributed by atoms with van der Waals surface area (Å²) in [6.45, 7) is 7.97. The number of hydrogen-bond acceptors (Lipinski definition) is 3.